The number of hydrogen-bond donors (Lipinski definition) is 1. The molecule has 3 nitrogen and oxygen atoms in total. The summed E-state index contributed by atoms with van der Waals surface area (Å²) in [7, 11) is 3.20. The average molecular weight is 340 g/mol. The molecule has 0 saturated carbocycles. The molecule has 0 aliphatic carbocycles. The van der Waals surface area contributed by atoms with E-state index in [1.807, 2.05) is 12.1 Å². The van der Waals surface area contributed by atoms with E-state index in [0.29, 0.717) is 18.0 Å². The Bertz CT molecular complexity index is 604. The summed E-state index contributed by atoms with van der Waals surface area (Å²) in [5.41, 5.74) is 1.37. The van der Waals surface area contributed by atoms with Gasteiger partial charge in [-0.05, 0) is 30.3 Å². The van der Waals surface area contributed by atoms with Gasteiger partial charge in [0.1, 0.15) is 17.3 Å². The second-order valence-corrected chi connectivity index (χ2v) is 5.07. The Labute approximate surface area is 125 Å². The highest BCUT2D eigenvalue weighted by molar-refractivity contribution is 9.10. The molecule has 1 N–H and O–H groups in total. The van der Waals surface area contributed by atoms with Gasteiger partial charge in [0.2, 0.25) is 0 Å². The van der Waals surface area contributed by atoms with E-state index in [1.165, 1.54) is 6.07 Å². The van der Waals surface area contributed by atoms with Gasteiger partial charge in [-0.3, -0.25) is 0 Å². The summed E-state index contributed by atoms with van der Waals surface area (Å²) in [5.74, 6) is 1.13. The van der Waals surface area contributed by atoms with Crippen LogP contribution in [-0.4, -0.2) is 14.2 Å². The number of methoxy groups -OCH3 is 2. The van der Waals surface area contributed by atoms with E-state index in [-0.39, 0.29) is 5.82 Å². The van der Waals surface area contributed by atoms with Crippen molar-refractivity contribution >= 4 is 21.6 Å². The number of ether oxygens (including phenoxy) is 2. The molecule has 0 spiro atoms. The van der Waals surface area contributed by atoms with Crippen molar-refractivity contribution in [3.63, 3.8) is 0 Å². The highest BCUT2D eigenvalue weighted by atomic mass is 79.9. The number of nitrogens with one attached hydrogen (secondary N) is 1. The minimum Gasteiger partial charge on any atom is -0.497 e. The monoisotopic (exact) mass is 339 g/mol. The van der Waals surface area contributed by atoms with Crippen LogP contribution >= 0.6 is 15.9 Å². The van der Waals surface area contributed by atoms with Gasteiger partial charge >= 0.3 is 0 Å². The van der Waals surface area contributed by atoms with Crippen molar-refractivity contribution in [2.45, 2.75) is 6.54 Å². The fourth-order valence-corrected chi connectivity index (χ4v) is 2.18. The van der Waals surface area contributed by atoms with Gasteiger partial charge in [0.25, 0.3) is 0 Å². The molecular formula is C15H15BrFNO2. The molecule has 2 aromatic rings. The molecule has 0 heterocycles. The lowest BCUT2D eigenvalue weighted by molar-refractivity contribution is 0.391. The molecule has 0 unspecified atom stereocenters. The van der Waals surface area contributed by atoms with Crippen LogP contribution in [0.1, 0.15) is 5.56 Å². The maximum Gasteiger partial charge on any atom is 0.146 e. The average Bonchev–Trinajstić information content (AvgIpc) is 2.48. The largest absolute Gasteiger partial charge is 0.497 e. The van der Waals surface area contributed by atoms with E-state index in [9.17, 15) is 4.39 Å². The molecule has 0 aromatic heterocycles. The van der Waals surface area contributed by atoms with Crippen molar-refractivity contribution < 1.29 is 13.9 Å². The SMILES string of the molecule is COc1ccc(CNc2cc(Br)ccc2F)c(OC)c1. The Morgan fingerprint density at radius 2 is 1.90 bits per heavy atom. The minimum absolute atomic E-state index is 0.291. The highest BCUT2D eigenvalue weighted by Gasteiger charge is 2.07. The first-order valence-corrected chi connectivity index (χ1v) is 6.83. The first kappa shape index (κ1) is 14.7. The van der Waals surface area contributed by atoms with Gasteiger partial charge in [0.05, 0.1) is 19.9 Å². The van der Waals surface area contributed by atoms with Gasteiger partial charge in [-0.1, -0.05) is 15.9 Å². The third kappa shape index (κ3) is 3.42. The zero-order chi connectivity index (χ0) is 14.5. The van der Waals surface area contributed by atoms with Crippen LogP contribution in [0.25, 0.3) is 0 Å². The van der Waals surface area contributed by atoms with Crippen LogP contribution < -0.4 is 14.8 Å². The van der Waals surface area contributed by atoms with Crippen molar-refractivity contribution in [1.29, 1.82) is 0 Å². The summed E-state index contributed by atoms with van der Waals surface area (Å²) in [5, 5.41) is 3.06. The number of anilines is 1. The van der Waals surface area contributed by atoms with Gasteiger partial charge in [-0.25, -0.2) is 4.39 Å². The smallest absolute Gasteiger partial charge is 0.146 e. The minimum atomic E-state index is -0.291. The maximum atomic E-state index is 13.6. The van der Waals surface area contributed by atoms with E-state index in [4.69, 9.17) is 9.47 Å². The summed E-state index contributed by atoms with van der Waals surface area (Å²) in [6.07, 6.45) is 0. The molecule has 0 bridgehead atoms. The van der Waals surface area contributed by atoms with Crippen molar-refractivity contribution in [3.05, 3.63) is 52.3 Å². The topological polar surface area (TPSA) is 30.5 Å². The van der Waals surface area contributed by atoms with Crippen molar-refractivity contribution in [1.82, 2.24) is 0 Å². The lowest BCUT2D eigenvalue weighted by atomic mass is 10.2. The molecule has 106 valence electrons. The molecule has 0 radical (unpaired) electrons. The maximum absolute atomic E-state index is 13.6. The number of benzene rings is 2. The second-order valence-electron chi connectivity index (χ2n) is 4.16. The zero-order valence-electron chi connectivity index (χ0n) is 11.2. The van der Waals surface area contributed by atoms with Crippen LogP contribution in [0.2, 0.25) is 0 Å². The van der Waals surface area contributed by atoms with Gasteiger partial charge in [0, 0.05) is 22.6 Å². The van der Waals surface area contributed by atoms with Gasteiger partial charge < -0.3 is 14.8 Å². The van der Waals surface area contributed by atoms with E-state index in [0.717, 1.165) is 15.8 Å². The van der Waals surface area contributed by atoms with Crippen LogP contribution in [0.3, 0.4) is 0 Å². The van der Waals surface area contributed by atoms with Gasteiger partial charge in [-0.2, -0.15) is 0 Å². The predicted molar refractivity (Wildman–Crippen MR) is 81.0 cm³/mol. The summed E-state index contributed by atoms with van der Waals surface area (Å²) >= 11 is 3.32. The van der Waals surface area contributed by atoms with E-state index >= 15 is 0 Å². The Kier molecular flexibility index (Phi) is 4.84. The Balaban J connectivity index is 2.16. The predicted octanol–water partition coefficient (Wildman–Crippen LogP) is 4.22. The quantitative estimate of drug-likeness (QED) is 0.884. The first-order chi connectivity index (χ1) is 9.63. The Morgan fingerprint density at radius 1 is 1.10 bits per heavy atom. The third-order valence-corrected chi connectivity index (χ3v) is 3.39. The van der Waals surface area contributed by atoms with Crippen LogP contribution in [-0.2, 0) is 6.54 Å². The normalized spacial score (nSPS) is 10.2. The number of hydrogen-bond acceptors (Lipinski definition) is 3. The van der Waals surface area contributed by atoms with Crippen molar-refractivity contribution in [2.24, 2.45) is 0 Å². The lowest BCUT2D eigenvalue weighted by Gasteiger charge is -2.12. The second kappa shape index (κ2) is 6.61. The number of rotatable bonds is 5. The highest BCUT2D eigenvalue weighted by Crippen LogP contribution is 2.26. The zero-order valence-corrected chi connectivity index (χ0v) is 12.8. The summed E-state index contributed by atoms with van der Waals surface area (Å²) < 4.78 is 24.9. The molecule has 2 aromatic carbocycles. The van der Waals surface area contributed by atoms with E-state index < -0.39 is 0 Å². The van der Waals surface area contributed by atoms with Crippen LogP contribution in [0, 0.1) is 5.82 Å². The van der Waals surface area contributed by atoms with Crippen LogP contribution in [0.4, 0.5) is 10.1 Å². The van der Waals surface area contributed by atoms with Gasteiger partial charge in [0.15, 0.2) is 0 Å². The standard InChI is InChI=1S/C15H15BrFNO2/c1-19-12-5-3-10(15(8-12)20-2)9-18-14-7-11(16)4-6-13(14)17/h3-8,18H,9H2,1-2H3. The Hall–Kier alpha value is -1.75. The molecule has 0 aliphatic rings. The summed E-state index contributed by atoms with van der Waals surface area (Å²) in [4.78, 5) is 0. The molecule has 0 amide bonds. The summed E-state index contributed by atoms with van der Waals surface area (Å²) in [6, 6.07) is 10.3. The van der Waals surface area contributed by atoms with Crippen LogP contribution in [0.15, 0.2) is 40.9 Å². The molecule has 0 fully saturated rings. The van der Waals surface area contributed by atoms with E-state index in [2.05, 4.69) is 21.2 Å². The molecule has 5 heteroatoms. The van der Waals surface area contributed by atoms with Crippen LogP contribution in [0.5, 0.6) is 11.5 Å². The van der Waals surface area contributed by atoms with E-state index in [1.54, 1.807) is 32.4 Å². The lowest BCUT2D eigenvalue weighted by Crippen LogP contribution is -2.03. The molecule has 20 heavy (non-hydrogen) atoms. The van der Waals surface area contributed by atoms with Crippen molar-refractivity contribution in [2.75, 3.05) is 19.5 Å². The first-order valence-electron chi connectivity index (χ1n) is 6.04. The number of halogens is 2. The third-order valence-electron chi connectivity index (χ3n) is 2.89. The van der Waals surface area contributed by atoms with Crippen molar-refractivity contribution in [3.8, 4) is 11.5 Å². The molecular weight excluding hydrogens is 325 g/mol. The summed E-state index contributed by atoms with van der Waals surface area (Å²) in [6.45, 7) is 0.459. The molecule has 0 aliphatic heterocycles. The fourth-order valence-electron chi connectivity index (χ4n) is 1.82. The molecule has 0 atom stereocenters. The van der Waals surface area contributed by atoms with Gasteiger partial charge in [-0.15, -0.1) is 0 Å². The Morgan fingerprint density at radius 3 is 2.60 bits per heavy atom. The molecule has 2 rings (SSSR count). The molecule has 0 saturated heterocycles. The fraction of sp³-hybridized carbons (Fsp3) is 0.200.